The molecule has 0 heterocycles. The molecule has 0 saturated carbocycles. The van der Waals surface area contributed by atoms with E-state index in [4.69, 9.17) is 10.5 Å². The van der Waals surface area contributed by atoms with E-state index in [1.807, 2.05) is 37.3 Å². The van der Waals surface area contributed by atoms with Crippen molar-refractivity contribution in [3.63, 3.8) is 0 Å². The quantitative estimate of drug-likeness (QED) is 0.843. The lowest BCUT2D eigenvalue weighted by Gasteiger charge is -2.12. The van der Waals surface area contributed by atoms with Gasteiger partial charge in [0.2, 0.25) is 0 Å². The molecule has 0 saturated heterocycles. The van der Waals surface area contributed by atoms with E-state index in [1.54, 1.807) is 0 Å². The second-order valence-corrected chi connectivity index (χ2v) is 5.58. The van der Waals surface area contributed by atoms with Crippen LogP contribution in [-0.4, -0.2) is 0 Å². The summed E-state index contributed by atoms with van der Waals surface area (Å²) >= 11 is 3.56. The highest BCUT2D eigenvalue weighted by Gasteiger charge is 2.05. The fraction of sp³-hybridized carbons (Fsp3) is 0.250. The zero-order chi connectivity index (χ0) is 14.0. The third-order valence-electron chi connectivity index (χ3n) is 3.29. The molecule has 0 amide bonds. The Labute approximate surface area is 122 Å². The van der Waals surface area contributed by atoms with E-state index in [1.165, 1.54) is 11.1 Å². The predicted octanol–water partition coefficient (Wildman–Crippen LogP) is 4.54. The van der Waals surface area contributed by atoms with E-state index in [0.29, 0.717) is 6.61 Å². The van der Waals surface area contributed by atoms with Gasteiger partial charge in [0.25, 0.3) is 0 Å². The molecule has 2 aromatic rings. The lowest BCUT2D eigenvalue weighted by atomic mass is 10.1. The molecule has 0 radical (unpaired) electrons. The molecule has 0 bridgehead atoms. The number of nitrogen functional groups attached to an aromatic ring is 1. The van der Waals surface area contributed by atoms with Crippen LogP contribution in [0.3, 0.4) is 0 Å². The summed E-state index contributed by atoms with van der Waals surface area (Å²) in [5.41, 5.74) is 11.3. The summed E-state index contributed by atoms with van der Waals surface area (Å²) in [6, 6.07) is 9.99. The van der Waals surface area contributed by atoms with Crippen LogP contribution in [-0.2, 0) is 6.61 Å². The van der Waals surface area contributed by atoms with E-state index in [-0.39, 0.29) is 0 Å². The van der Waals surface area contributed by atoms with Crippen molar-refractivity contribution in [2.45, 2.75) is 27.4 Å². The molecule has 0 aromatic heterocycles. The highest BCUT2D eigenvalue weighted by atomic mass is 79.9. The van der Waals surface area contributed by atoms with Crippen molar-refractivity contribution in [3.8, 4) is 5.75 Å². The molecule has 0 aliphatic heterocycles. The first-order valence-corrected chi connectivity index (χ1v) is 7.02. The van der Waals surface area contributed by atoms with Crippen LogP contribution in [0.2, 0.25) is 0 Å². The number of nitrogens with two attached hydrogens (primary N) is 1. The van der Waals surface area contributed by atoms with Gasteiger partial charge in [-0.2, -0.15) is 0 Å². The van der Waals surface area contributed by atoms with Gasteiger partial charge in [-0.25, -0.2) is 0 Å². The Kier molecular flexibility index (Phi) is 4.15. The van der Waals surface area contributed by atoms with Crippen molar-refractivity contribution in [1.29, 1.82) is 0 Å². The number of hydrogen-bond acceptors (Lipinski definition) is 2. The van der Waals surface area contributed by atoms with Gasteiger partial charge < -0.3 is 10.5 Å². The van der Waals surface area contributed by atoms with E-state index < -0.39 is 0 Å². The molecule has 0 spiro atoms. The SMILES string of the molecule is Cc1cc(OCc2cccc(N)c2C)cc(C)c1Br. The first-order chi connectivity index (χ1) is 8.99. The van der Waals surface area contributed by atoms with Crippen molar-refractivity contribution < 1.29 is 4.74 Å². The zero-order valence-corrected chi connectivity index (χ0v) is 13.0. The molecule has 100 valence electrons. The van der Waals surface area contributed by atoms with Crippen LogP contribution < -0.4 is 10.5 Å². The molecular weight excluding hydrogens is 302 g/mol. The molecule has 0 fully saturated rings. The van der Waals surface area contributed by atoms with E-state index in [0.717, 1.165) is 27.0 Å². The number of anilines is 1. The lowest BCUT2D eigenvalue weighted by molar-refractivity contribution is 0.305. The van der Waals surface area contributed by atoms with Crippen LogP contribution in [0.15, 0.2) is 34.8 Å². The highest BCUT2D eigenvalue weighted by Crippen LogP contribution is 2.27. The van der Waals surface area contributed by atoms with Crippen molar-refractivity contribution in [2.75, 3.05) is 5.73 Å². The topological polar surface area (TPSA) is 35.2 Å². The third kappa shape index (κ3) is 3.10. The van der Waals surface area contributed by atoms with E-state index in [2.05, 4.69) is 29.8 Å². The number of rotatable bonds is 3. The van der Waals surface area contributed by atoms with Gasteiger partial charge in [-0.05, 0) is 61.2 Å². The first kappa shape index (κ1) is 13.9. The van der Waals surface area contributed by atoms with Crippen LogP contribution >= 0.6 is 15.9 Å². The van der Waals surface area contributed by atoms with Gasteiger partial charge in [0.15, 0.2) is 0 Å². The van der Waals surface area contributed by atoms with Crippen LogP contribution in [0, 0.1) is 20.8 Å². The van der Waals surface area contributed by atoms with Gasteiger partial charge in [0, 0.05) is 10.2 Å². The molecule has 2 aromatic carbocycles. The Morgan fingerprint density at radius 2 is 1.74 bits per heavy atom. The molecule has 2 rings (SSSR count). The fourth-order valence-corrected chi connectivity index (χ4v) is 2.24. The molecule has 0 atom stereocenters. The van der Waals surface area contributed by atoms with Gasteiger partial charge in [0.05, 0.1) is 0 Å². The Morgan fingerprint density at radius 1 is 1.11 bits per heavy atom. The van der Waals surface area contributed by atoms with Gasteiger partial charge >= 0.3 is 0 Å². The minimum Gasteiger partial charge on any atom is -0.489 e. The summed E-state index contributed by atoms with van der Waals surface area (Å²) in [6.45, 7) is 6.69. The maximum atomic E-state index is 5.90. The summed E-state index contributed by atoms with van der Waals surface area (Å²) in [5.74, 6) is 0.889. The van der Waals surface area contributed by atoms with Gasteiger partial charge in [-0.1, -0.05) is 28.1 Å². The van der Waals surface area contributed by atoms with Crippen LogP contribution in [0.5, 0.6) is 5.75 Å². The number of benzene rings is 2. The van der Waals surface area contributed by atoms with Crippen molar-refractivity contribution >= 4 is 21.6 Å². The molecule has 2 N–H and O–H groups in total. The number of halogens is 1. The zero-order valence-electron chi connectivity index (χ0n) is 11.5. The molecule has 19 heavy (non-hydrogen) atoms. The van der Waals surface area contributed by atoms with Crippen molar-refractivity contribution in [2.24, 2.45) is 0 Å². The molecule has 0 aliphatic rings. The first-order valence-electron chi connectivity index (χ1n) is 6.22. The molecule has 0 aliphatic carbocycles. The van der Waals surface area contributed by atoms with Crippen LogP contribution in [0.1, 0.15) is 22.3 Å². The third-order valence-corrected chi connectivity index (χ3v) is 4.54. The van der Waals surface area contributed by atoms with Crippen LogP contribution in [0.4, 0.5) is 5.69 Å². The number of hydrogen-bond donors (Lipinski definition) is 1. The average molecular weight is 320 g/mol. The molecule has 3 heteroatoms. The monoisotopic (exact) mass is 319 g/mol. The summed E-state index contributed by atoms with van der Waals surface area (Å²) in [4.78, 5) is 0. The Hall–Kier alpha value is -1.48. The summed E-state index contributed by atoms with van der Waals surface area (Å²) in [6.07, 6.45) is 0. The minimum atomic E-state index is 0.539. The van der Waals surface area contributed by atoms with E-state index >= 15 is 0 Å². The Morgan fingerprint density at radius 3 is 2.37 bits per heavy atom. The summed E-state index contributed by atoms with van der Waals surface area (Å²) in [7, 11) is 0. The van der Waals surface area contributed by atoms with Crippen LogP contribution in [0.25, 0.3) is 0 Å². The predicted molar refractivity (Wildman–Crippen MR) is 83.5 cm³/mol. The second kappa shape index (κ2) is 5.66. The second-order valence-electron chi connectivity index (χ2n) is 4.79. The molecule has 0 unspecified atom stereocenters. The largest absolute Gasteiger partial charge is 0.489 e. The number of ether oxygens (including phenoxy) is 1. The Balaban J connectivity index is 2.17. The van der Waals surface area contributed by atoms with Gasteiger partial charge in [-0.15, -0.1) is 0 Å². The minimum absolute atomic E-state index is 0.539. The molecule has 2 nitrogen and oxygen atoms in total. The standard InChI is InChI=1S/C16H18BrNO/c1-10-7-14(8-11(2)16(10)17)19-9-13-5-4-6-15(18)12(13)3/h4-8H,9,18H2,1-3H3. The lowest BCUT2D eigenvalue weighted by Crippen LogP contribution is -2.01. The number of aryl methyl sites for hydroxylation is 2. The Bertz CT molecular complexity index is 585. The van der Waals surface area contributed by atoms with Crippen molar-refractivity contribution in [1.82, 2.24) is 0 Å². The average Bonchev–Trinajstić information content (AvgIpc) is 2.37. The van der Waals surface area contributed by atoms with Gasteiger partial charge in [-0.3, -0.25) is 0 Å². The molecular formula is C16H18BrNO. The van der Waals surface area contributed by atoms with E-state index in [9.17, 15) is 0 Å². The highest BCUT2D eigenvalue weighted by molar-refractivity contribution is 9.10. The fourth-order valence-electron chi connectivity index (χ4n) is 2.01. The van der Waals surface area contributed by atoms with Gasteiger partial charge in [0.1, 0.15) is 12.4 Å². The maximum absolute atomic E-state index is 5.90. The summed E-state index contributed by atoms with van der Waals surface area (Å²) < 4.78 is 7.01. The smallest absolute Gasteiger partial charge is 0.120 e. The normalized spacial score (nSPS) is 10.5. The van der Waals surface area contributed by atoms with Crippen molar-refractivity contribution in [3.05, 3.63) is 57.1 Å². The summed E-state index contributed by atoms with van der Waals surface area (Å²) in [5, 5.41) is 0. The maximum Gasteiger partial charge on any atom is 0.120 e.